The molecule has 0 radical (unpaired) electrons. The molecule has 0 atom stereocenters. The number of aromatic amines is 1. The van der Waals surface area contributed by atoms with Crippen LogP contribution in [-0.2, 0) is 11.3 Å². The molecule has 0 aliphatic rings. The number of nitrogens with zero attached hydrogens (tertiary/aromatic N) is 1. The number of hydrogen-bond donors (Lipinski definition) is 2. The van der Waals surface area contributed by atoms with Gasteiger partial charge in [-0.25, -0.2) is 9.59 Å². The zero-order valence-electron chi connectivity index (χ0n) is 7.25. The Morgan fingerprint density at radius 3 is 2.64 bits per heavy atom. The molecule has 0 unspecified atom stereocenters. The van der Waals surface area contributed by atoms with Gasteiger partial charge >= 0.3 is 17.6 Å². The number of carbonyl (C=O) groups is 1. The van der Waals surface area contributed by atoms with Gasteiger partial charge in [0, 0.05) is 11.9 Å². The van der Waals surface area contributed by atoms with Crippen molar-refractivity contribution in [1.82, 2.24) is 9.55 Å². The second-order valence-corrected chi connectivity index (χ2v) is 2.88. The first kappa shape index (κ1) is 10.4. The Hall–Kier alpha value is -1.66. The van der Waals surface area contributed by atoms with Crippen LogP contribution in [0.25, 0.3) is 0 Å². The van der Waals surface area contributed by atoms with E-state index in [0.717, 1.165) is 6.20 Å². The molecule has 0 aliphatic carbocycles. The third-order valence-corrected chi connectivity index (χ3v) is 1.60. The van der Waals surface area contributed by atoms with Crippen molar-refractivity contribution in [3.05, 3.63) is 22.4 Å². The van der Waals surface area contributed by atoms with Crippen molar-refractivity contribution < 1.29 is 18.7 Å². The average molecular weight is 206 g/mol. The standard InChI is InChI=1S/C7H8F2N2O3/c1-4-2-11(6(14)10-4)3-7(8,9)5(12)13/h2H,3H2,1H3,(H,10,14)(H,12,13). The van der Waals surface area contributed by atoms with E-state index in [9.17, 15) is 18.4 Å². The molecule has 0 bridgehead atoms. The van der Waals surface area contributed by atoms with Crippen molar-refractivity contribution in [1.29, 1.82) is 0 Å². The molecule has 0 aromatic carbocycles. The maximum absolute atomic E-state index is 12.6. The highest BCUT2D eigenvalue weighted by Gasteiger charge is 2.39. The van der Waals surface area contributed by atoms with E-state index in [2.05, 4.69) is 4.98 Å². The second kappa shape index (κ2) is 3.24. The van der Waals surface area contributed by atoms with Gasteiger partial charge in [-0.2, -0.15) is 8.78 Å². The van der Waals surface area contributed by atoms with Crippen molar-refractivity contribution in [2.75, 3.05) is 0 Å². The minimum atomic E-state index is -3.93. The van der Waals surface area contributed by atoms with Gasteiger partial charge in [0.1, 0.15) is 6.54 Å². The first-order chi connectivity index (χ1) is 6.33. The van der Waals surface area contributed by atoms with Gasteiger partial charge in [-0.05, 0) is 6.92 Å². The van der Waals surface area contributed by atoms with Gasteiger partial charge in [0.2, 0.25) is 0 Å². The van der Waals surface area contributed by atoms with E-state index < -0.39 is 24.1 Å². The number of nitrogens with one attached hydrogen (secondary N) is 1. The molecule has 14 heavy (non-hydrogen) atoms. The van der Waals surface area contributed by atoms with Crippen molar-refractivity contribution in [2.24, 2.45) is 0 Å². The minimum Gasteiger partial charge on any atom is -0.477 e. The van der Waals surface area contributed by atoms with Crippen molar-refractivity contribution in [3.63, 3.8) is 0 Å². The van der Waals surface area contributed by atoms with Crippen LogP contribution >= 0.6 is 0 Å². The number of aliphatic carboxylic acids is 1. The van der Waals surface area contributed by atoms with Gasteiger partial charge in [-0.15, -0.1) is 0 Å². The van der Waals surface area contributed by atoms with E-state index in [1.165, 1.54) is 6.92 Å². The third kappa shape index (κ3) is 1.98. The van der Waals surface area contributed by atoms with Gasteiger partial charge in [0.05, 0.1) is 0 Å². The summed E-state index contributed by atoms with van der Waals surface area (Å²) in [6.45, 7) is 0.350. The molecule has 1 heterocycles. The summed E-state index contributed by atoms with van der Waals surface area (Å²) in [4.78, 5) is 23.2. The number of aryl methyl sites for hydroxylation is 1. The van der Waals surface area contributed by atoms with Gasteiger partial charge in [0.15, 0.2) is 0 Å². The van der Waals surface area contributed by atoms with E-state index >= 15 is 0 Å². The molecule has 0 fully saturated rings. The molecule has 78 valence electrons. The lowest BCUT2D eigenvalue weighted by molar-refractivity contribution is -0.166. The second-order valence-electron chi connectivity index (χ2n) is 2.88. The fourth-order valence-corrected chi connectivity index (χ4v) is 0.964. The quantitative estimate of drug-likeness (QED) is 0.742. The highest BCUT2D eigenvalue weighted by Crippen LogP contribution is 2.15. The number of alkyl halides is 2. The lowest BCUT2D eigenvalue weighted by Crippen LogP contribution is -2.36. The van der Waals surface area contributed by atoms with Gasteiger partial charge < -0.3 is 10.1 Å². The summed E-state index contributed by atoms with van der Waals surface area (Å²) >= 11 is 0. The van der Waals surface area contributed by atoms with E-state index in [1.807, 2.05) is 0 Å². The molecule has 1 aromatic heterocycles. The molecule has 1 aromatic rings. The monoisotopic (exact) mass is 206 g/mol. The minimum absolute atomic E-state index is 0.399. The smallest absolute Gasteiger partial charge is 0.376 e. The maximum Gasteiger partial charge on any atom is 0.376 e. The Morgan fingerprint density at radius 1 is 1.71 bits per heavy atom. The first-order valence-corrected chi connectivity index (χ1v) is 3.70. The van der Waals surface area contributed by atoms with Crippen LogP contribution < -0.4 is 5.69 Å². The Labute approximate surface area is 77.0 Å². The van der Waals surface area contributed by atoms with Crippen LogP contribution in [-0.4, -0.2) is 26.5 Å². The van der Waals surface area contributed by atoms with E-state index in [4.69, 9.17) is 5.11 Å². The molecular formula is C7H8F2N2O3. The van der Waals surface area contributed by atoms with E-state index in [0.29, 0.717) is 10.3 Å². The number of hydrogen-bond acceptors (Lipinski definition) is 2. The zero-order valence-corrected chi connectivity index (χ0v) is 7.25. The Kier molecular flexibility index (Phi) is 2.41. The normalized spacial score (nSPS) is 11.6. The molecule has 0 saturated carbocycles. The molecule has 0 amide bonds. The van der Waals surface area contributed by atoms with Crippen LogP contribution in [0.5, 0.6) is 0 Å². The number of aromatic nitrogens is 2. The number of carboxylic acid groups (broad SMARTS) is 1. The van der Waals surface area contributed by atoms with Crippen LogP contribution in [0.3, 0.4) is 0 Å². The highest BCUT2D eigenvalue weighted by molar-refractivity contribution is 5.75. The van der Waals surface area contributed by atoms with Crippen molar-refractivity contribution >= 4 is 5.97 Å². The molecule has 5 nitrogen and oxygen atoms in total. The summed E-state index contributed by atoms with van der Waals surface area (Å²) in [7, 11) is 0. The summed E-state index contributed by atoms with van der Waals surface area (Å²) in [6.07, 6.45) is 1.14. The summed E-state index contributed by atoms with van der Waals surface area (Å²) in [5.74, 6) is -6.18. The molecule has 7 heteroatoms. The lowest BCUT2D eigenvalue weighted by Gasteiger charge is -2.10. The molecule has 0 saturated heterocycles. The van der Waals surface area contributed by atoms with Crippen molar-refractivity contribution in [3.8, 4) is 0 Å². The number of carboxylic acids is 1. The van der Waals surface area contributed by atoms with Crippen LogP contribution in [0.2, 0.25) is 0 Å². The van der Waals surface area contributed by atoms with Gasteiger partial charge in [0.25, 0.3) is 0 Å². The molecule has 0 aliphatic heterocycles. The zero-order chi connectivity index (χ0) is 10.9. The molecule has 1 rings (SSSR count). The molecular weight excluding hydrogens is 198 g/mol. The number of H-pyrrole nitrogens is 1. The molecule has 0 spiro atoms. The van der Waals surface area contributed by atoms with Crippen LogP contribution in [0.4, 0.5) is 8.78 Å². The Morgan fingerprint density at radius 2 is 2.29 bits per heavy atom. The third-order valence-electron chi connectivity index (χ3n) is 1.60. The fourth-order valence-electron chi connectivity index (χ4n) is 0.964. The van der Waals surface area contributed by atoms with Gasteiger partial charge in [-0.1, -0.05) is 0 Å². The maximum atomic E-state index is 12.6. The van der Waals surface area contributed by atoms with E-state index in [1.54, 1.807) is 0 Å². The summed E-state index contributed by atoms with van der Waals surface area (Å²) in [5, 5.41) is 8.12. The molecule has 2 N–H and O–H groups in total. The number of imidazole rings is 1. The lowest BCUT2D eigenvalue weighted by atomic mass is 10.3. The predicted octanol–water partition coefficient (Wildman–Crippen LogP) is 0.205. The predicted molar refractivity (Wildman–Crippen MR) is 42.4 cm³/mol. The topological polar surface area (TPSA) is 75.1 Å². The SMILES string of the molecule is Cc1cn(CC(F)(F)C(=O)O)c(=O)[nH]1. The van der Waals surface area contributed by atoms with Gasteiger partial charge in [-0.3, -0.25) is 4.57 Å². The van der Waals surface area contributed by atoms with Crippen LogP contribution in [0.1, 0.15) is 5.69 Å². The summed E-state index contributed by atoms with van der Waals surface area (Å²) in [5.41, 5.74) is -0.348. The van der Waals surface area contributed by atoms with Crippen LogP contribution in [0.15, 0.2) is 11.0 Å². The number of halogens is 2. The Balaban J connectivity index is 2.94. The largest absolute Gasteiger partial charge is 0.477 e. The highest BCUT2D eigenvalue weighted by atomic mass is 19.3. The van der Waals surface area contributed by atoms with Crippen molar-refractivity contribution in [2.45, 2.75) is 19.4 Å². The van der Waals surface area contributed by atoms with Crippen LogP contribution in [0, 0.1) is 6.92 Å². The Bertz CT molecular complexity index is 407. The average Bonchev–Trinajstić information content (AvgIpc) is 2.29. The summed E-state index contributed by atoms with van der Waals surface area (Å²) < 4.78 is 25.9. The van der Waals surface area contributed by atoms with E-state index in [-0.39, 0.29) is 0 Å². The fraction of sp³-hybridized carbons (Fsp3) is 0.429. The number of rotatable bonds is 3. The summed E-state index contributed by atoms with van der Waals surface area (Å²) in [6, 6.07) is 0. The first-order valence-electron chi connectivity index (χ1n) is 3.70.